The van der Waals surface area contributed by atoms with Gasteiger partial charge in [-0.15, -0.1) is 0 Å². The topological polar surface area (TPSA) is 46.2 Å². The summed E-state index contributed by atoms with van der Waals surface area (Å²) in [6, 6.07) is 5.77. The molecule has 0 N–H and O–H groups in total. The predicted octanol–water partition coefficient (Wildman–Crippen LogP) is 2.16. The van der Waals surface area contributed by atoms with Crippen LogP contribution in [0.25, 0.3) is 0 Å². The zero-order valence-electron chi connectivity index (χ0n) is 14.5. The summed E-state index contributed by atoms with van der Waals surface area (Å²) < 4.78 is 29.0. The molecule has 0 aliphatic carbocycles. The molecule has 1 atom stereocenters. The fourth-order valence-corrected chi connectivity index (χ4v) is 2.73. The van der Waals surface area contributed by atoms with Gasteiger partial charge in [0.15, 0.2) is 0 Å². The summed E-state index contributed by atoms with van der Waals surface area (Å²) in [6.45, 7) is 9.55. The highest BCUT2D eigenvalue weighted by molar-refractivity contribution is 6.63. The van der Waals surface area contributed by atoms with Crippen LogP contribution in [0.3, 0.4) is 0 Å². The van der Waals surface area contributed by atoms with E-state index in [9.17, 15) is 0 Å². The number of ether oxygens (including phenoxy) is 3. The Morgan fingerprint density at radius 1 is 1.13 bits per heavy atom. The maximum atomic E-state index is 6.10. The first-order valence-electron chi connectivity index (χ1n) is 8.10. The lowest BCUT2D eigenvalue weighted by Gasteiger charge is -2.32. The van der Waals surface area contributed by atoms with Crippen LogP contribution in [-0.4, -0.2) is 44.7 Å². The molecule has 6 heteroatoms. The van der Waals surface area contributed by atoms with Crippen molar-refractivity contribution in [1.82, 2.24) is 0 Å². The molecule has 0 bridgehead atoms. The molecule has 3 rings (SSSR count). The molecule has 2 aliphatic rings. The lowest BCUT2D eigenvalue weighted by molar-refractivity contribution is 0.00578. The molecule has 2 saturated heterocycles. The van der Waals surface area contributed by atoms with E-state index in [-0.39, 0.29) is 17.3 Å². The molecular weight excluding hydrogens is 295 g/mol. The van der Waals surface area contributed by atoms with E-state index in [1.54, 1.807) is 7.11 Å². The largest absolute Gasteiger partial charge is 0.498 e. The van der Waals surface area contributed by atoms with Crippen LogP contribution >= 0.6 is 0 Å². The van der Waals surface area contributed by atoms with Crippen LogP contribution in [0.4, 0.5) is 0 Å². The number of rotatable bonds is 4. The summed E-state index contributed by atoms with van der Waals surface area (Å²) in [5.41, 5.74) is 0.124. The molecule has 0 aromatic heterocycles. The molecule has 0 radical (unpaired) electrons. The molecule has 1 aromatic carbocycles. The number of hydrogen-bond acceptors (Lipinski definition) is 5. The molecule has 23 heavy (non-hydrogen) atoms. The summed E-state index contributed by atoms with van der Waals surface area (Å²) in [5.74, 6) is 1.48. The van der Waals surface area contributed by atoms with Gasteiger partial charge in [-0.3, -0.25) is 0 Å². The number of benzene rings is 1. The Labute approximate surface area is 138 Å². The van der Waals surface area contributed by atoms with Crippen molar-refractivity contribution in [3.63, 3.8) is 0 Å². The molecule has 0 spiro atoms. The van der Waals surface area contributed by atoms with Crippen molar-refractivity contribution in [1.29, 1.82) is 0 Å². The van der Waals surface area contributed by atoms with E-state index in [1.165, 1.54) is 0 Å². The first kappa shape index (κ1) is 16.6. The third-order valence-electron chi connectivity index (χ3n) is 4.90. The van der Waals surface area contributed by atoms with E-state index in [2.05, 4.69) is 0 Å². The molecular formula is C17H25BO5. The molecule has 1 aromatic rings. The summed E-state index contributed by atoms with van der Waals surface area (Å²) in [7, 11) is 1.20. The fraction of sp³-hybridized carbons (Fsp3) is 0.647. The summed E-state index contributed by atoms with van der Waals surface area (Å²) in [6.07, 6.45) is 1.03. The summed E-state index contributed by atoms with van der Waals surface area (Å²) >= 11 is 0. The van der Waals surface area contributed by atoms with Gasteiger partial charge >= 0.3 is 7.12 Å². The van der Waals surface area contributed by atoms with E-state index >= 15 is 0 Å². The van der Waals surface area contributed by atoms with Gasteiger partial charge in [0.1, 0.15) is 17.6 Å². The van der Waals surface area contributed by atoms with Gasteiger partial charge in [0, 0.05) is 17.9 Å². The molecule has 2 heterocycles. The second-order valence-electron chi connectivity index (χ2n) is 7.10. The third kappa shape index (κ3) is 3.20. The van der Waals surface area contributed by atoms with Crippen molar-refractivity contribution < 1.29 is 23.5 Å². The Balaban J connectivity index is 1.80. The van der Waals surface area contributed by atoms with Gasteiger partial charge in [-0.05, 0) is 33.8 Å². The Hall–Kier alpha value is -1.24. The maximum Gasteiger partial charge on any atom is 0.498 e. The molecule has 0 saturated carbocycles. The highest BCUT2D eigenvalue weighted by Gasteiger charge is 2.52. The minimum Gasteiger partial charge on any atom is -0.497 e. The standard InChI is InChI=1S/C17H25BO5/c1-16(2)17(3,4)23-18(22-16)14-7-6-12(10-15(14)19-5)21-13-8-9-20-11-13/h6-7,10,13H,8-9,11H2,1-5H3/t13-/m0/s1. The van der Waals surface area contributed by atoms with Crippen molar-refractivity contribution in [3.05, 3.63) is 18.2 Å². The van der Waals surface area contributed by atoms with Crippen LogP contribution in [-0.2, 0) is 14.0 Å². The average Bonchev–Trinajstić information content (AvgIpc) is 3.05. The van der Waals surface area contributed by atoms with Crippen LogP contribution in [0, 0.1) is 0 Å². The Morgan fingerprint density at radius 2 is 1.83 bits per heavy atom. The Morgan fingerprint density at radius 3 is 2.39 bits per heavy atom. The van der Waals surface area contributed by atoms with Crippen molar-refractivity contribution in [2.24, 2.45) is 0 Å². The van der Waals surface area contributed by atoms with Gasteiger partial charge in [0.05, 0.1) is 31.5 Å². The quantitative estimate of drug-likeness (QED) is 0.796. The molecule has 2 aliphatic heterocycles. The second kappa shape index (κ2) is 6.00. The van der Waals surface area contributed by atoms with E-state index in [4.69, 9.17) is 23.5 Å². The highest BCUT2D eigenvalue weighted by Crippen LogP contribution is 2.37. The van der Waals surface area contributed by atoms with E-state index in [1.807, 2.05) is 45.9 Å². The van der Waals surface area contributed by atoms with E-state index in [0.29, 0.717) is 12.4 Å². The molecule has 126 valence electrons. The molecule has 0 unspecified atom stereocenters. The van der Waals surface area contributed by atoms with Crippen molar-refractivity contribution >= 4 is 12.6 Å². The van der Waals surface area contributed by atoms with E-state index < -0.39 is 7.12 Å². The van der Waals surface area contributed by atoms with Gasteiger partial charge in [-0.25, -0.2) is 0 Å². The van der Waals surface area contributed by atoms with Gasteiger partial charge in [0.2, 0.25) is 0 Å². The van der Waals surface area contributed by atoms with Crippen LogP contribution in [0.1, 0.15) is 34.1 Å². The minimum atomic E-state index is -0.446. The van der Waals surface area contributed by atoms with Gasteiger partial charge in [-0.1, -0.05) is 6.07 Å². The molecule has 2 fully saturated rings. The minimum absolute atomic E-state index is 0.113. The monoisotopic (exact) mass is 320 g/mol. The lowest BCUT2D eigenvalue weighted by atomic mass is 9.78. The lowest BCUT2D eigenvalue weighted by Crippen LogP contribution is -2.41. The van der Waals surface area contributed by atoms with Crippen molar-refractivity contribution in [2.75, 3.05) is 20.3 Å². The zero-order chi connectivity index (χ0) is 16.7. The maximum absolute atomic E-state index is 6.10. The molecule has 0 amide bonds. The number of hydrogen-bond donors (Lipinski definition) is 0. The third-order valence-corrected chi connectivity index (χ3v) is 4.90. The predicted molar refractivity (Wildman–Crippen MR) is 88.6 cm³/mol. The smallest absolute Gasteiger partial charge is 0.497 e. The normalized spacial score (nSPS) is 25.6. The van der Waals surface area contributed by atoms with Crippen LogP contribution in [0.5, 0.6) is 11.5 Å². The van der Waals surface area contributed by atoms with Crippen LogP contribution < -0.4 is 14.9 Å². The molecule has 5 nitrogen and oxygen atoms in total. The summed E-state index contributed by atoms with van der Waals surface area (Å²) in [5, 5.41) is 0. The van der Waals surface area contributed by atoms with Crippen LogP contribution in [0.2, 0.25) is 0 Å². The first-order chi connectivity index (χ1) is 10.8. The first-order valence-corrected chi connectivity index (χ1v) is 8.10. The van der Waals surface area contributed by atoms with Crippen molar-refractivity contribution in [3.8, 4) is 11.5 Å². The van der Waals surface area contributed by atoms with Gasteiger partial charge in [0.25, 0.3) is 0 Å². The van der Waals surface area contributed by atoms with Gasteiger partial charge in [-0.2, -0.15) is 0 Å². The SMILES string of the molecule is COc1cc(O[C@H]2CCOC2)ccc1B1OC(C)(C)C(C)(C)O1. The van der Waals surface area contributed by atoms with Crippen LogP contribution in [0.15, 0.2) is 18.2 Å². The fourth-order valence-electron chi connectivity index (χ4n) is 2.73. The van der Waals surface area contributed by atoms with E-state index in [0.717, 1.165) is 24.2 Å². The highest BCUT2D eigenvalue weighted by atomic mass is 16.7. The number of methoxy groups -OCH3 is 1. The second-order valence-corrected chi connectivity index (χ2v) is 7.10. The Kier molecular flexibility index (Phi) is 4.34. The summed E-state index contributed by atoms with van der Waals surface area (Å²) in [4.78, 5) is 0. The average molecular weight is 320 g/mol. The zero-order valence-corrected chi connectivity index (χ0v) is 14.5. The Bertz CT molecular complexity index is 550. The van der Waals surface area contributed by atoms with Gasteiger partial charge < -0.3 is 23.5 Å². The van der Waals surface area contributed by atoms with Crippen molar-refractivity contribution in [2.45, 2.75) is 51.4 Å².